The van der Waals surface area contributed by atoms with E-state index >= 15 is 0 Å². The number of ether oxygens (including phenoxy) is 1. The Morgan fingerprint density at radius 3 is 3.12 bits per heavy atom. The second kappa shape index (κ2) is 3.46. The summed E-state index contributed by atoms with van der Waals surface area (Å²) in [6.45, 7) is 3.41. The molecule has 0 radical (unpaired) electrons. The van der Waals surface area contributed by atoms with Gasteiger partial charge < -0.3 is 10.5 Å². The molecule has 0 spiro atoms. The number of aryl methyl sites for hydroxylation is 1. The van der Waals surface area contributed by atoms with Crippen molar-refractivity contribution in [2.24, 2.45) is 0 Å². The van der Waals surface area contributed by atoms with Crippen LogP contribution in [0.4, 0.5) is 5.69 Å². The number of para-hydroxylation sites is 1. The topological polar surface area (TPSA) is 48.1 Å². The van der Waals surface area contributed by atoms with Crippen molar-refractivity contribution >= 4 is 16.6 Å². The van der Waals surface area contributed by atoms with Gasteiger partial charge in [-0.1, -0.05) is 18.2 Å². The summed E-state index contributed by atoms with van der Waals surface area (Å²) in [5, 5.41) is 1.05. The van der Waals surface area contributed by atoms with E-state index in [2.05, 4.69) is 13.0 Å². The minimum atomic E-state index is 0.595. The third-order valence-electron chi connectivity index (χ3n) is 3.18. The summed E-state index contributed by atoms with van der Waals surface area (Å²) in [4.78, 5) is 4.72. The molecule has 3 heteroatoms. The molecule has 3 rings (SSSR count). The van der Waals surface area contributed by atoms with E-state index in [4.69, 9.17) is 15.5 Å². The normalized spacial score (nSPS) is 15.1. The first-order valence-corrected chi connectivity index (χ1v) is 5.51. The lowest BCUT2D eigenvalue weighted by atomic mass is 10.0. The average molecular weight is 214 g/mol. The predicted molar refractivity (Wildman–Crippen MR) is 64.3 cm³/mol. The fraction of sp³-hybridized carbons (Fsp3) is 0.308. The Kier molecular flexibility index (Phi) is 2.07. The van der Waals surface area contributed by atoms with Crippen molar-refractivity contribution in [1.29, 1.82) is 0 Å². The molecule has 0 aliphatic carbocycles. The van der Waals surface area contributed by atoms with Crippen LogP contribution in [0.2, 0.25) is 0 Å². The van der Waals surface area contributed by atoms with Crippen molar-refractivity contribution in [3.05, 3.63) is 35.0 Å². The van der Waals surface area contributed by atoms with Crippen LogP contribution >= 0.6 is 0 Å². The Bertz CT molecular complexity index is 563. The summed E-state index contributed by atoms with van der Waals surface area (Å²) in [5.41, 5.74) is 11.4. The smallest absolute Gasteiger partial charge is 0.0755 e. The number of nitrogens with zero attached hydrogens (tertiary/aromatic N) is 1. The van der Waals surface area contributed by atoms with Gasteiger partial charge in [-0.15, -0.1) is 0 Å². The van der Waals surface area contributed by atoms with Gasteiger partial charge in [0.1, 0.15) is 0 Å². The molecule has 3 nitrogen and oxygen atoms in total. The third kappa shape index (κ3) is 1.28. The molecule has 82 valence electrons. The number of fused-ring (bicyclic) bond motifs is 2. The zero-order valence-electron chi connectivity index (χ0n) is 9.29. The molecule has 0 saturated carbocycles. The number of hydrogen-bond acceptors (Lipinski definition) is 3. The lowest BCUT2D eigenvalue weighted by Crippen LogP contribution is -2.14. The summed E-state index contributed by atoms with van der Waals surface area (Å²) in [6, 6.07) is 6.12. The highest BCUT2D eigenvalue weighted by Gasteiger charge is 2.17. The van der Waals surface area contributed by atoms with E-state index in [-0.39, 0.29) is 0 Å². The van der Waals surface area contributed by atoms with Gasteiger partial charge in [0, 0.05) is 23.1 Å². The molecule has 2 heterocycles. The van der Waals surface area contributed by atoms with Crippen molar-refractivity contribution in [2.75, 3.05) is 12.3 Å². The Morgan fingerprint density at radius 2 is 2.25 bits per heavy atom. The van der Waals surface area contributed by atoms with E-state index in [1.165, 1.54) is 5.56 Å². The van der Waals surface area contributed by atoms with E-state index in [9.17, 15) is 0 Å². The highest BCUT2D eigenvalue weighted by atomic mass is 16.5. The van der Waals surface area contributed by atoms with E-state index in [0.29, 0.717) is 6.61 Å². The number of benzene rings is 1. The van der Waals surface area contributed by atoms with Crippen LogP contribution in [0.15, 0.2) is 18.2 Å². The van der Waals surface area contributed by atoms with Crippen LogP contribution < -0.4 is 5.73 Å². The zero-order chi connectivity index (χ0) is 11.1. The van der Waals surface area contributed by atoms with E-state index < -0.39 is 0 Å². The number of pyridine rings is 1. The quantitative estimate of drug-likeness (QED) is 0.731. The summed E-state index contributed by atoms with van der Waals surface area (Å²) in [6.07, 6.45) is 0.865. The molecular formula is C13H14N2O. The summed E-state index contributed by atoms with van der Waals surface area (Å²) in [7, 11) is 0. The molecule has 16 heavy (non-hydrogen) atoms. The maximum Gasteiger partial charge on any atom is 0.0755 e. The summed E-state index contributed by atoms with van der Waals surface area (Å²) in [5.74, 6) is 0. The van der Waals surface area contributed by atoms with Gasteiger partial charge in [-0.2, -0.15) is 0 Å². The molecule has 0 atom stereocenters. The first-order valence-electron chi connectivity index (χ1n) is 5.51. The number of rotatable bonds is 0. The number of anilines is 1. The first kappa shape index (κ1) is 9.60. The molecule has 0 fully saturated rings. The molecular weight excluding hydrogens is 200 g/mol. The molecule has 0 amide bonds. The van der Waals surface area contributed by atoms with Crippen molar-refractivity contribution in [3.63, 3.8) is 0 Å². The fourth-order valence-electron chi connectivity index (χ4n) is 2.26. The first-order chi connectivity index (χ1) is 7.77. The lowest BCUT2D eigenvalue weighted by Gasteiger charge is -2.19. The van der Waals surface area contributed by atoms with Crippen molar-refractivity contribution < 1.29 is 4.74 Å². The molecule has 2 N–H and O–H groups in total. The average Bonchev–Trinajstić information content (AvgIpc) is 2.31. The lowest BCUT2D eigenvalue weighted by molar-refractivity contribution is 0.110. The highest BCUT2D eigenvalue weighted by Crippen LogP contribution is 2.30. The van der Waals surface area contributed by atoms with Gasteiger partial charge in [-0.25, -0.2) is 0 Å². The second-order valence-electron chi connectivity index (χ2n) is 4.22. The van der Waals surface area contributed by atoms with Gasteiger partial charge in [0.25, 0.3) is 0 Å². The summed E-state index contributed by atoms with van der Waals surface area (Å²) < 4.78 is 5.44. The van der Waals surface area contributed by atoms with Gasteiger partial charge in [0.15, 0.2) is 0 Å². The molecule has 1 aromatic carbocycles. The minimum absolute atomic E-state index is 0.595. The Morgan fingerprint density at radius 1 is 1.38 bits per heavy atom. The van der Waals surface area contributed by atoms with Crippen molar-refractivity contribution in [3.8, 4) is 0 Å². The van der Waals surface area contributed by atoms with Crippen LogP contribution in [0.25, 0.3) is 10.9 Å². The van der Waals surface area contributed by atoms with Gasteiger partial charge in [0.05, 0.1) is 24.4 Å². The molecule has 0 bridgehead atoms. The largest absolute Gasteiger partial charge is 0.398 e. The van der Waals surface area contributed by atoms with Crippen molar-refractivity contribution in [1.82, 2.24) is 4.98 Å². The van der Waals surface area contributed by atoms with Crippen LogP contribution in [0.5, 0.6) is 0 Å². The molecule has 1 aromatic heterocycles. The number of nitrogen functional groups attached to an aromatic ring is 1. The molecule has 0 saturated heterocycles. The maximum atomic E-state index is 6.19. The Balaban J connectivity index is 2.39. The van der Waals surface area contributed by atoms with Crippen molar-refractivity contribution in [2.45, 2.75) is 20.0 Å². The van der Waals surface area contributed by atoms with Gasteiger partial charge in [-0.05, 0) is 12.5 Å². The van der Waals surface area contributed by atoms with Crippen LogP contribution in [-0.2, 0) is 17.8 Å². The summed E-state index contributed by atoms with van der Waals surface area (Å²) >= 11 is 0. The van der Waals surface area contributed by atoms with Gasteiger partial charge in [-0.3, -0.25) is 4.98 Å². The fourth-order valence-corrected chi connectivity index (χ4v) is 2.26. The SMILES string of the molecule is Cc1cccc2c(N)c3c(nc12)CCOC3. The third-order valence-corrected chi connectivity index (χ3v) is 3.18. The molecule has 1 aliphatic rings. The number of nitrogens with two attached hydrogens (primary N) is 1. The second-order valence-corrected chi connectivity index (χ2v) is 4.22. The van der Waals surface area contributed by atoms with Crippen LogP contribution in [-0.4, -0.2) is 11.6 Å². The predicted octanol–water partition coefficient (Wildman–Crippen LogP) is 2.20. The van der Waals surface area contributed by atoms with Crippen LogP contribution in [0.1, 0.15) is 16.8 Å². The van der Waals surface area contributed by atoms with Crippen LogP contribution in [0, 0.1) is 6.92 Å². The Hall–Kier alpha value is -1.61. The van der Waals surface area contributed by atoms with Gasteiger partial charge in [0.2, 0.25) is 0 Å². The standard InChI is InChI=1S/C13H14N2O/c1-8-3-2-4-9-12(14)10-7-16-6-5-11(10)15-13(8)9/h2-4H,5-7H2,1H3,(H2,14,15). The highest BCUT2D eigenvalue weighted by molar-refractivity contribution is 5.94. The molecule has 2 aromatic rings. The van der Waals surface area contributed by atoms with Gasteiger partial charge >= 0.3 is 0 Å². The minimum Gasteiger partial charge on any atom is -0.398 e. The van der Waals surface area contributed by atoms with E-state index in [1.54, 1.807) is 0 Å². The molecule has 1 aliphatic heterocycles. The number of aromatic nitrogens is 1. The maximum absolute atomic E-state index is 6.19. The zero-order valence-corrected chi connectivity index (χ0v) is 9.29. The number of hydrogen-bond donors (Lipinski definition) is 1. The van der Waals surface area contributed by atoms with E-state index in [0.717, 1.165) is 40.9 Å². The Labute approximate surface area is 94.2 Å². The molecule has 0 unspecified atom stereocenters. The monoisotopic (exact) mass is 214 g/mol. The van der Waals surface area contributed by atoms with Crippen LogP contribution in [0.3, 0.4) is 0 Å². The van der Waals surface area contributed by atoms with E-state index in [1.807, 2.05) is 12.1 Å².